The van der Waals surface area contributed by atoms with Crippen LogP contribution in [-0.2, 0) is 9.59 Å². The summed E-state index contributed by atoms with van der Waals surface area (Å²) in [5.74, 6) is -1.67. The van der Waals surface area contributed by atoms with Crippen molar-refractivity contribution < 1.29 is 29.4 Å². The molecule has 6 heteroatoms. The van der Waals surface area contributed by atoms with Crippen molar-refractivity contribution in [1.29, 1.82) is 0 Å². The van der Waals surface area contributed by atoms with Crippen molar-refractivity contribution >= 4 is 11.9 Å². The van der Waals surface area contributed by atoms with Crippen molar-refractivity contribution in [3.05, 3.63) is 24.3 Å². The maximum Gasteiger partial charge on any atom is 0.309 e. The van der Waals surface area contributed by atoms with E-state index >= 15 is 0 Å². The third kappa shape index (κ3) is 30.5. The van der Waals surface area contributed by atoms with Gasteiger partial charge in [-0.25, -0.2) is 0 Å². The van der Waals surface area contributed by atoms with Crippen LogP contribution in [0.5, 0.6) is 0 Å². The van der Waals surface area contributed by atoms with E-state index in [-0.39, 0.29) is 31.5 Å². The molecule has 0 bridgehead atoms. The number of aliphatic hydroxyl groups is 1. The number of hydrogen-bond acceptors (Lipinski definition) is 3. The van der Waals surface area contributed by atoms with Crippen LogP contribution in [0, 0.1) is 0 Å². The van der Waals surface area contributed by atoms with Crippen molar-refractivity contribution in [3.8, 4) is 0 Å². The first-order valence-electron chi connectivity index (χ1n) is 22.0. The molecule has 0 amide bonds. The van der Waals surface area contributed by atoms with Gasteiger partial charge in [-0.05, 0) is 64.2 Å². The third-order valence-electron chi connectivity index (χ3n) is 11.2. The molecule has 2 atom stereocenters. The number of unbranched alkanes of at least 4 members (excludes halogenated alkanes) is 24. The molecule has 0 saturated carbocycles. The van der Waals surface area contributed by atoms with Gasteiger partial charge in [-0.2, -0.15) is 0 Å². The molecule has 2 unspecified atom stereocenters. The van der Waals surface area contributed by atoms with Crippen LogP contribution in [0.1, 0.15) is 219 Å². The first kappa shape index (κ1) is 49.3. The maximum absolute atomic E-state index is 12.0. The van der Waals surface area contributed by atoms with Crippen molar-refractivity contribution in [3.63, 3.8) is 0 Å². The zero-order chi connectivity index (χ0) is 37.7. The van der Waals surface area contributed by atoms with Crippen molar-refractivity contribution in [1.82, 2.24) is 0 Å². The molecule has 0 fully saturated rings. The fraction of sp³-hybridized carbons (Fsp3) is 0.867. The first-order valence-corrected chi connectivity index (χ1v) is 22.0. The lowest BCUT2D eigenvalue weighted by atomic mass is 9.93. The number of allylic oxidation sites excluding steroid dienone is 4. The third-order valence-corrected chi connectivity index (χ3v) is 11.2. The number of nitrogens with zero attached hydrogens (tertiary/aromatic N) is 1. The lowest BCUT2D eigenvalue weighted by molar-refractivity contribution is -0.956. The molecule has 0 aliphatic carbocycles. The summed E-state index contributed by atoms with van der Waals surface area (Å²) in [6.07, 6.45) is 45.6. The van der Waals surface area contributed by atoms with Gasteiger partial charge in [0.05, 0.1) is 38.6 Å². The van der Waals surface area contributed by atoms with Crippen molar-refractivity contribution in [2.75, 3.05) is 20.2 Å². The minimum absolute atomic E-state index is 0.0189. The molecule has 0 aromatic heterocycles. The van der Waals surface area contributed by atoms with Crippen LogP contribution in [0.15, 0.2) is 24.3 Å². The highest BCUT2D eigenvalue weighted by Gasteiger charge is 2.41. The Hall–Kier alpha value is -1.66. The van der Waals surface area contributed by atoms with Crippen LogP contribution in [-0.4, -0.2) is 64.0 Å². The zero-order valence-corrected chi connectivity index (χ0v) is 34.1. The standard InChI is InChI=1S/C45H85NO5/c1-4-6-8-10-12-14-16-18-20-22-24-26-28-30-32-34-36-42(40-44(48)49)46(3,38-39-47)43(41-45(50)51)37-35-33-31-29-27-25-23-21-19-17-15-13-11-9-7-5-2/h18-21,42-43,47H,4-17,22-41H2,1-3H3,(H-,48,49,50,51)/p+1. The Kier molecular flexibility index (Phi) is 35.5. The molecular formula is C45H86NO5+. The predicted molar refractivity (Wildman–Crippen MR) is 218 cm³/mol. The molecule has 0 aromatic carbocycles. The summed E-state index contributed by atoms with van der Waals surface area (Å²) in [4.78, 5) is 24.0. The fourth-order valence-corrected chi connectivity index (χ4v) is 7.75. The van der Waals surface area contributed by atoms with Gasteiger partial charge in [-0.3, -0.25) is 9.59 Å². The van der Waals surface area contributed by atoms with Gasteiger partial charge in [0.15, 0.2) is 0 Å². The molecule has 3 N–H and O–H groups in total. The van der Waals surface area contributed by atoms with Crippen LogP contribution >= 0.6 is 0 Å². The number of aliphatic carboxylic acids is 2. The molecule has 6 nitrogen and oxygen atoms in total. The summed E-state index contributed by atoms with van der Waals surface area (Å²) in [6, 6.07) is -0.380. The highest BCUT2D eigenvalue weighted by Crippen LogP contribution is 2.29. The Balaban J connectivity index is 4.54. The zero-order valence-electron chi connectivity index (χ0n) is 34.1. The molecule has 0 saturated heterocycles. The summed E-state index contributed by atoms with van der Waals surface area (Å²) >= 11 is 0. The van der Waals surface area contributed by atoms with E-state index < -0.39 is 11.9 Å². The van der Waals surface area contributed by atoms with Gasteiger partial charge in [0, 0.05) is 12.8 Å². The van der Waals surface area contributed by atoms with E-state index in [1.807, 2.05) is 7.05 Å². The normalized spacial score (nSPS) is 14.4. The van der Waals surface area contributed by atoms with E-state index in [1.54, 1.807) is 0 Å². The van der Waals surface area contributed by atoms with Crippen molar-refractivity contribution in [2.24, 2.45) is 0 Å². The fourth-order valence-electron chi connectivity index (χ4n) is 7.75. The summed E-state index contributed by atoms with van der Waals surface area (Å²) < 4.78 is 0.339. The molecule has 0 heterocycles. The molecule has 0 aliphatic heterocycles. The minimum Gasteiger partial charge on any atom is -0.481 e. The van der Waals surface area contributed by atoms with Gasteiger partial charge in [0.25, 0.3) is 0 Å². The van der Waals surface area contributed by atoms with E-state index in [1.165, 1.54) is 128 Å². The number of carboxylic acid groups (broad SMARTS) is 2. The predicted octanol–water partition coefficient (Wildman–Crippen LogP) is 13.0. The monoisotopic (exact) mass is 721 g/mol. The van der Waals surface area contributed by atoms with Crippen LogP contribution < -0.4 is 0 Å². The summed E-state index contributed by atoms with van der Waals surface area (Å²) in [6.45, 7) is 4.86. The van der Waals surface area contributed by atoms with E-state index in [9.17, 15) is 24.9 Å². The lowest BCUT2D eigenvalue weighted by Crippen LogP contribution is -2.61. The largest absolute Gasteiger partial charge is 0.481 e. The SMILES string of the molecule is CCCCCCCCC=CCCCCCCCCC(CC(=O)O)[N+](C)(CCO)C(CCCCCCCCC=CCCCCCCCC)CC(=O)O. The molecule has 0 aliphatic rings. The van der Waals surface area contributed by atoms with Gasteiger partial charge >= 0.3 is 11.9 Å². The van der Waals surface area contributed by atoms with Crippen LogP contribution in [0.25, 0.3) is 0 Å². The van der Waals surface area contributed by atoms with E-state index in [4.69, 9.17) is 0 Å². The second-order valence-electron chi connectivity index (χ2n) is 15.8. The molecule has 0 aromatic rings. The van der Waals surface area contributed by atoms with Gasteiger partial charge in [-0.15, -0.1) is 0 Å². The Labute approximate surface area is 316 Å². The average molecular weight is 721 g/mol. The van der Waals surface area contributed by atoms with Crippen LogP contribution in [0.2, 0.25) is 0 Å². The lowest BCUT2D eigenvalue weighted by Gasteiger charge is -2.47. The van der Waals surface area contributed by atoms with Gasteiger partial charge < -0.3 is 19.8 Å². The molecule has 0 radical (unpaired) electrons. The Bertz CT molecular complexity index is 778. The van der Waals surface area contributed by atoms with E-state index in [0.717, 1.165) is 64.2 Å². The minimum atomic E-state index is -0.835. The summed E-state index contributed by atoms with van der Waals surface area (Å²) in [5, 5.41) is 29.8. The topological polar surface area (TPSA) is 94.8 Å². The quantitative estimate of drug-likeness (QED) is 0.0333. The number of quaternary nitrogens is 1. The highest BCUT2D eigenvalue weighted by molar-refractivity contribution is 5.68. The first-order chi connectivity index (χ1) is 24.8. The Morgan fingerprint density at radius 2 is 0.745 bits per heavy atom. The van der Waals surface area contributed by atoms with Gasteiger partial charge in [-0.1, -0.05) is 154 Å². The maximum atomic E-state index is 12.0. The molecular weight excluding hydrogens is 634 g/mol. The summed E-state index contributed by atoms with van der Waals surface area (Å²) in [7, 11) is 2.01. The van der Waals surface area contributed by atoms with Gasteiger partial charge in [0.2, 0.25) is 0 Å². The van der Waals surface area contributed by atoms with E-state index in [0.29, 0.717) is 11.0 Å². The number of carboxylic acids is 2. The number of rotatable bonds is 40. The number of aliphatic hydroxyl groups excluding tert-OH is 1. The summed E-state index contributed by atoms with van der Waals surface area (Å²) in [5.41, 5.74) is 0. The Morgan fingerprint density at radius 3 is 1.02 bits per heavy atom. The van der Waals surface area contributed by atoms with Gasteiger partial charge in [0.1, 0.15) is 6.54 Å². The number of likely N-dealkylation sites (N-methyl/N-ethyl adjacent to an activating group) is 1. The molecule has 300 valence electrons. The Morgan fingerprint density at radius 1 is 0.471 bits per heavy atom. The number of carbonyl (C=O) groups is 2. The molecule has 0 rings (SSSR count). The van der Waals surface area contributed by atoms with E-state index in [2.05, 4.69) is 38.2 Å². The molecule has 0 spiro atoms. The van der Waals surface area contributed by atoms with Crippen LogP contribution in [0.4, 0.5) is 0 Å². The van der Waals surface area contributed by atoms with Crippen molar-refractivity contribution in [2.45, 2.75) is 231 Å². The number of hydrogen-bond donors (Lipinski definition) is 3. The highest BCUT2D eigenvalue weighted by atomic mass is 16.4. The smallest absolute Gasteiger partial charge is 0.309 e. The second kappa shape index (κ2) is 36.7. The molecule has 51 heavy (non-hydrogen) atoms. The van der Waals surface area contributed by atoms with Crippen LogP contribution in [0.3, 0.4) is 0 Å². The average Bonchev–Trinajstić information content (AvgIpc) is 3.10. The second-order valence-corrected chi connectivity index (χ2v) is 15.8.